The smallest absolute Gasteiger partial charge is 0.140 e. The van der Waals surface area contributed by atoms with Gasteiger partial charge in [-0.3, -0.25) is 0 Å². The van der Waals surface area contributed by atoms with Crippen molar-refractivity contribution in [2.24, 2.45) is 0 Å². The Kier molecular flexibility index (Phi) is 3.13. The lowest BCUT2D eigenvalue weighted by Crippen LogP contribution is -2.38. The van der Waals surface area contributed by atoms with Gasteiger partial charge in [0.2, 0.25) is 0 Å². The molecule has 4 heteroatoms. The summed E-state index contributed by atoms with van der Waals surface area (Å²) in [6, 6.07) is 0. The largest absolute Gasteiger partial charge is 0.370 e. The van der Waals surface area contributed by atoms with Crippen molar-refractivity contribution in [2.45, 2.75) is 45.1 Å². The van der Waals surface area contributed by atoms with Crippen molar-refractivity contribution in [1.82, 2.24) is 9.97 Å². The summed E-state index contributed by atoms with van der Waals surface area (Å²) in [5.41, 5.74) is 2.07. The van der Waals surface area contributed by atoms with Crippen LogP contribution in [0.1, 0.15) is 43.3 Å². The first kappa shape index (κ1) is 11.7. The van der Waals surface area contributed by atoms with Crippen molar-refractivity contribution in [3.63, 3.8) is 0 Å². The van der Waals surface area contributed by atoms with Crippen molar-refractivity contribution in [3.05, 3.63) is 21.7 Å². The summed E-state index contributed by atoms with van der Waals surface area (Å²) in [5.74, 6) is 0.911. The van der Waals surface area contributed by atoms with Crippen LogP contribution < -0.4 is 0 Å². The molecule has 0 unspecified atom stereocenters. The van der Waals surface area contributed by atoms with Gasteiger partial charge in [-0.1, -0.05) is 19.1 Å². The van der Waals surface area contributed by atoms with E-state index in [0.717, 1.165) is 30.7 Å². The lowest BCUT2D eigenvalue weighted by atomic mass is 9.79. The number of nitrogens with one attached hydrogen (secondary N) is 1. The fourth-order valence-electron chi connectivity index (χ4n) is 2.18. The highest BCUT2D eigenvalue weighted by Crippen LogP contribution is 2.42. The first-order valence-electron chi connectivity index (χ1n) is 5.78. The molecule has 0 saturated heterocycles. The number of aromatic nitrogens is 2. The number of hydrogen-bond donors (Lipinski definition) is 1. The number of ether oxygens (including phenoxy) is 1. The highest BCUT2D eigenvalue weighted by atomic mass is 32.1. The minimum atomic E-state index is -0.203. The van der Waals surface area contributed by atoms with Crippen LogP contribution in [0.2, 0.25) is 0 Å². The van der Waals surface area contributed by atoms with Gasteiger partial charge in [0, 0.05) is 18.4 Å². The number of nitrogens with zero attached hydrogens (tertiary/aromatic N) is 1. The van der Waals surface area contributed by atoms with Gasteiger partial charge in [0.05, 0.1) is 0 Å². The Morgan fingerprint density at radius 3 is 2.62 bits per heavy atom. The lowest BCUT2D eigenvalue weighted by Gasteiger charge is -2.39. The third-order valence-corrected chi connectivity index (χ3v) is 3.99. The van der Waals surface area contributed by atoms with Gasteiger partial charge in [0.25, 0.3) is 0 Å². The number of methoxy groups -OCH3 is 1. The molecule has 1 fully saturated rings. The standard InChI is InChI=1S/C12H18N2OS/c1-4-9-8(2)10(16)14-11(13-9)12(15-3)6-5-7-12/h4-7H2,1-3H3,(H,13,14,16). The predicted molar refractivity (Wildman–Crippen MR) is 66.1 cm³/mol. The average Bonchev–Trinajstić information content (AvgIpc) is 2.22. The van der Waals surface area contributed by atoms with Gasteiger partial charge < -0.3 is 9.72 Å². The quantitative estimate of drug-likeness (QED) is 0.822. The number of H-pyrrole nitrogens is 1. The van der Waals surface area contributed by atoms with Gasteiger partial charge in [-0.05, 0) is 32.6 Å². The van der Waals surface area contributed by atoms with Crippen LogP contribution >= 0.6 is 12.2 Å². The molecule has 0 aliphatic heterocycles. The Hall–Kier alpha value is -0.740. The molecule has 1 heterocycles. The molecule has 0 atom stereocenters. The van der Waals surface area contributed by atoms with Crippen molar-refractivity contribution >= 4 is 12.2 Å². The number of hydrogen-bond acceptors (Lipinski definition) is 3. The van der Waals surface area contributed by atoms with Crippen LogP contribution in [0.3, 0.4) is 0 Å². The summed E-state index contributed by atoms with van der Waals surface area (Å²) in [6.45, 7) is 4.15. The molecule has 0 aromatic carbocycles. The van der Waals surface area contributed by atoms with E-state index in [9.17, 15) is 0 Å². The Balaban J connectivity index is 2.50. The van der Waals surface area contributed by atoms with Crippen molar-refractivity contribution in [3.8, 4) is 0 Å². The van der Waals surface area contributed by atoms with E-state index < -0.39 is 0 Å². The van der Waals surface area contributed by atoms with Crippen LogP contribution in [-0.4, -0.2) is 17.1 Å². The molecular weight excluding hydrogens is 220 g/mol. The zero-order valence-electron chi connectivity index (χ0n) is 10.1. The fourth-order valence-corrected chi connectivity index (χ4v) is 2.40. The summed E-state index contributed by atoms with van der Waals surface area (Å²) < 4.78 is 6.32. The van der Waals surface area contributed by atoms with Gasteiger partial charge in [-0.15, -0.1) is 0 Å². The normalized spacial score (nSPS) is 18.2. The summed E-state index contributed by atoms with van der Waals surface area (Å²) in [4.78, 5) is 7.87. The van der Waals surface area contributed by atoms with E-state index in [1.165, 1.54) is 12.1 Å². The molecule has 0 amide bonds. The average molecular weight is 238 g/mol. The highest BCUT2D eigenvalue weighted by molar-refractivity contribution is 7.71. The second-order valence-corrected chi connectivity index (χ2v) is 4.79. The number of aromatic amines is 1. The van der Waals surface area contributed by atoms with E-state index in [1.807, 2.05) is 6.92 Å². The Morgan fingerprint density at radius 2 is 2.19 bits per heavy atom. The van der Waals surface area contributed by atoms with E-state index >= 15 is 0 Å². The van der Waals surface area contributed by atoms with Crippen molar-refractivity contribution < 1.29 is 4.74 Å². The second-order valence-electron chi connectivity index (χ2n) is 4.40. The molecule has 1 saturated carbocycles. The molecule has 1 aliphatic rings. The zero-order chi connectivity index (χ0) is 11.8. The van der Waals surface area contributed by atoms with E-state index in [4.69, 9.17) is 17.0 Å². The van der Waals surface area contributed by atoms with Crippen LogP contribution in [0.25, 0.3) is 0 Å². The van der Waals surface area contributed by atoms with E-state index in [2.05, 4.69) is 16.9 Å². The van der Waals surface area contributed by atoms with E-state index in [-0.39, 0.29) is 5.60 Å². The zero-order valence-corrected chi connectivity index (χ0v) is 10.9. The van der Waals surface area contributed by atoms with Gasteiger partial charge >= 0.3 is 0 Å². The molecule has 16 heavy (non-hydrogen) atoms. The van der Waals surface area contributed by atoms with E-state index in [0.29, 0.717) is 4.64 Å². The molecular formula is C12H18N2OS. The van der Waals surface area contributed by atoms with E-state index in [1.54, 1.807) is 7.11 Å². The Labute approximate surface area is 101 Å². The van der Waals surface area contributed by atoms with Gasteiger partial charge in [-0.25, -0.2) is 4.98 Å². The van der Waals surface area contributed by atoms with Gasteiger partial charge in [-0.2, -0.15) is 0 Å². The van der Waals surface area contributed by atoms with Crippen molar-refractivity contribution in [1.29, 1.82) is 0 Å². The fraction of sp³-hybridized carbons (Fsp3) is 0.667. The number of rotatable bonds is 3. The maximum Gasteiger partial charge on any atom is 0.140 e. The van der Waals surface area contributed by atoms with Crippen LogP contribution in [-0.2, 0) is 16.8 Å². The minimum Gasteiger partial charge on any atom is -0.370 e. The summed E-state index contributed by atoms with van der Waals surface area (Å²) in [5, 5.41) is 0. The van der Waals surface area contributed by atoms with Crippen molar-refractivity contribution in [2.75, 3.05) is 7.11 Å². The summed E-state index contributed by atoms with van der Waals surface area (Å²) in [7, 11) is 1.75. The molecule has 0 spiro atoms. The van der Waals surface area contributed by atoms with Gasteiger partial charge in [0.15, 0.2) is 0 Å². The lowest BCUT2D eigenvalue weighted by molar-refractivity contribution is -0.0848. The van der Waals surface area contributed by atoms with Crippen LogP contribution in [0, 0.1) is 11.6 Å². The third kappa shape index (κ3) is 1.70. The highest BCUT2D eigenvalue weighted by Gasteiger charge is 2.41. The summed E-state index contributed by atoms with van der Waals surface area (Å²) in [6.07, 6.45) is 4.22. The molecule has 88 valence electrons. The van der Waals surface area contributed by atoms with Crippen LogP contribution in [0.4, 0.5) is 0 Å². The topological polar surface area (TPSA) is 37.9 Å². The molecule has 1 aromatic heterocycles. The minimum absolute atomic E-state index is 0.203. The monoisotopic (exact) mass is 238 g/mol. The molecule has 0 radical (unpaired) electrons. The molecule has 1 N–H and O–H groups in total. The Morgan fingerprint density at radius 1 is 1.50 bits per heavy atom. The summed E-state index contributed by atoms with van der Waals surface area (Å²) >= 11 is 5.30. The molecule has 1 aromatic rings. The van der Waals surface area contributed by atoms with Crippen LogP contribution in [0.5, 0.6) is 0 Å². The first-order chi connectivity index (χ1) is 7.63. The Bertz CT molecular complexity index is 443. The van der Waals surface area contributed by atoms with Crippen LogP contribution in [0.15, 0.2) is 0 Å². The second kappa shape index (κ2) is 4.26. The SMILES string of the molecule is CCc1[nH]c(C2(OC)CCC2)nc(=S)c1C. The molecule has 0 bridgehead atoms. The third-order valence-electron chi connectivity index (χ3n) is 3.59. The maximum absolute atomic E-state index is 5.61. The number of aryl methyl sites for hydroxylation is 1. The molecule has 3 nitrogen and oxygen atoms in total. The maximum atomic E-state index is 5.61. The molecule has 2 rings (SSSR count). The molecule has 1 aliphatic carbocycles. The predicted octanol–water partition coefficient (Wildman–Crippen LogP) is 3.04. The van der Waals surface area contributed by atoms with Gasteiger partial charge in [0.1, 0.15) is 16.1 Å². The first-order valence-corrected chi connectivity index (χ1v) is 6.19.